The van der Waals surface area contributed by atoms with Gasteiger partial charge in [-0.2, -0.15) is 0 Å². The van der Waals surface area contributed by atoms with Crippen LogP contribution in [0.2, 0.25) is 0 Å². The number of hydrogen-bond donors (Lipinski definition) is 0. The number of pyridine rings is 1. The Morgan fingerprint density at radius 1 is 1.62 bits per heavy atom. The maximum absolute atomic E-state index is 10.6. The lowest BCUT2D eigenvalue weighted by Crippen LogP contribution is -2.03. The number of hydrogen-bond acceptors (Lipinski definition) is 3. The Balaban J connectivity index is 2.17. The van der Waals surface area contributed by atoms with Gasteiger partial charge in [-0.1, -0.05) is 15.9 Å². The van der Waals surface area contributed by atoms with Crippen molar-refractivity contribution in [3.8, 4) is 0 Å². The van der Waals surface area contributed by atoms with Gasteiger partial charge in [-0.25, -0.2) is 4.98 Å². The van der Waals surface area contributed by atoms with Gasteiger partial charge in [0.2, 0.25) is 0 Å². The Morgan fingerprint density at radius 3 is 3.19 bits per heavy atom. The van der Waals surface area contributed by atoms with E-state index in [1.807, 2.05) is 22.7 Å². The van der Waals surface area contributed by atoms with Gasteiger partial charge in [0.1, 0.15) is 0 Å². The maximum Gasteiger partial charge on any atom is 0.302 e. The van der Waals surface area contributed by atoms with E-state index >= 15 is 0 Å². The van der Waals surface area contributed by atoms with Gasteiger partial charge in [0.25, 0.3) is 0 Å². The molecular formula is C11H11BrN2O2. The Morgan fingerprint density at radius 2 is 2.44 bits per heavy atom. The van der Waals surface area contributed by atoms with Crippen LogP contribution in [0.5, 0.6) is 0 Å². The molecule has 0 N–H and O–H groups in total. The molecular weight excluding hydrogens is 272 g/mol. The van der Waals surface area contributed by atoms with Crippen molar-refractivity contribution in [2.75, 3.05) is 6.61 Å². The molecule has 0 bridgehead atoms. The summed E-state index contributed by atoms with van der Waals surface area (Å²) in [5, 5.41) is 0. The minimum Gasteiger partial charge on any atom is -0.465 e. The average molecular weight is 283 g/mol. The fourth-order valence-electron chi connectivity index (χ4n) is 1.50. The van der Waals surface area contributed by atoms with Crippen molar-refractivity contribution < 1.29 is 9.53 Å². The minimum absolute atomic E-state index is 0.260. The molecule has 2 aromatic rings. The van der Waals surface area contributed by atoms with E-state index in [0.717, 1.165) is 15.7 Å². The molecule has 2 rings (SSSR count). The molecule has 0 saturated carbocycles. The van der Waals surface area contributed by atoms with Crippen LogP contribution in [0.4, 0.5) is 0 Å². The van der Waals surface area contributed by atoms with Crippen LogP contribution in [0.1, 0.15) is 12.6 Å². The second kappa shape index (κ2) is 4.65. The largest absolute Gasteiger partial charge is 0.465 e. The van der Waals surface area contributed by atoms with Gasteiger partial charge in [-0.05, 0) is 12.1 Å². The van der Waals surface area contributed by atoms with Crippen molar-refractivity contribution in [3.05, 3.63) is 34.8 Å². The molecule has 0 spiro atoms. The van der Waals surface area contributed by atoms with Crippen LogP contribution < -0.4 is 0 Å². The topological polar surface area (TPSA) is 43.6 Å². The highest BCUT2D eigenvalue weighted by Gasteiger charge is 2.05. The number of carbonyl (C=O) groups is 1. The summed E-state index contributed by atoms with van der Waals surface area (Å²) in [5.41, 5.74) is 1.96. The third-order valence-corrected chi connectivity index (χ3v) is 2.72. The van der Waals surface area contributed by atoms with Gasteiger partial charge < -0.3 is 9.14 Å². The lowest BCUT2D eigenvalue weighted by atomic mass is 10.2. The Labute approximate surface area is 101 Å². The second-order valence-corrected chi connectivity index (χ2v) is 4.33. The van der Waals surface area contributed by atoms with Gasteiger partial charge in [0.15, 0.2) is 0 Å². The molecule has 0 radical (unpaired) electrons. The number of carbonyl (C=O) groups excluding carboxylic acids is 1. The number of fused-ring (bicyclic) bond motifs is 1. The van der Waals surface area contributed by atoms with Gasteiger partial charge >= 0.3 is 5.97 Å². The van der Waals surface area contributed by atoms with Gasteiger partial charge in [0, 0.05) is 24.0 Å². The maximum atomic E-state index is 10.6. The lowest BCUT2D eigenvalue weighted by molar-refractivity contribution is -0.140. The molecule has 2 aromatic heterocycles. The highest BCUT2D eigenvalue weighted by Crippen LogP contribution is 2.16. The van der Waals surface area contributed by atoms with Crippen LogP contribution in [0.3, 0.4) is 0 Å². The minimum atomic E-state index is -0.260. The van der Waals surface area contributed by atoms with E-state index < -0.39 is 0 Å². The van der Waals surface area contributed by atoms with E-state index in [0.29, 0.717) is 13.0 Å². The van der Waals surface area contributed by atoms with Gasteiger partial charge in [-0.3, -0.25) is 4.79 Å². The molecule has 0 amide bonds. The summed E-state index contributed by atoms with van der Waals surface area (Å²) in [5.74, 6) is -0.260. The van der Waals surface area contributed by atoms with Crippen LogP contribution in [-0.4, -0.2) is 22.0 Å². The third kappa shape index (κ3) is 2.41. The number of halogens is 1. The predicted molar refractivity (Wildman–Crippen MR) is 63.2 cm³/mol. The van der Waals surface area contributed by atoms with Crippen molar-refractivity contribution in [1.82, 2.24) is 9.38 Å². The summed E-state index contributed by atoms with van der Waals surface area (Å²) in [4.78, 5) is 14.9. The van der Waals surface area contributed by atoms with Crippen LogP contribution in [0.25, 0.3) is 5.52 Å². The number of nitrogens with zero attached hydrogens (tertiary/aromatic N) is 2. The normalized spacial score (nSPS) is 10.6. The zero-order valence-corrected chi connectivity index (χ0v) is 10.4. The molecule has 84 valence electrons. The highest BCUT2D eigenvalue weighted by atomic mass is 79.9. The summed E-state index contributed by atoms with van der Waals surface area (Å²) in [6.07, 6.45) is 4.32. The smallest absolute Gasteiger partial charge is 0.302 e. The van der Waals surface area contributed by atoms with Crippen LogP contribution in [-0.2, 0) is 16.0 Å². The summed E-state index contributed by atoms with van der Waals surface area (Å²) in [7, 11) is 0. The van der Waals surface area contributed by atoms with E-state index in [-0.39, 0.29) is 5.97 Å². The molecule has 2 heterocycles. The monoisotopic (exact) mass is 282 g/mol. The van der Waals surface area contributed by atoms with Crippen molar-refractivity contribution in [1.29, 1.82) is 0 Å². The van der Waals surface area contributed by atoms with E-state index in [9.17, 15) is 4.79 Å². The fourth-order valence-corrected chi connectivity index (χ4v) is 1.84. The van der Waals surface area contributed by atoms with E-state index in [2.05, 4.69) is 20.9 Å². The predicted octanol–water partition coefficient (Wildman–Crippen LogP) is 2.20. The molecule has 0 aromatic carbocycles. The summed E-state index contributed by atoms with van der Waals surface area (Å²) in [6.45, 7) is 1.77. The van der Waals surface area contributed by atoms with Gasteiger partial charge in [-0.15, -0.1) is 0 Å². The van der Waals surface area contributed by atoms with Crippen LogP contribution in [0.15, 0.2) is 29.1 Å². The first-order valence-electron chi connectivity index (χ1n) is 4.91. The molecule has 0 aliphatic rings. The molecule has 16 heavy (non-hydrogen) atoms. The Kier molecular flexibility index (Phi) is 3.24. The highest BCUT2D eigenvalue weighted by molar-refractivity contribution is 9.10. The molecule has 0 aliphatic carbocycles. The quantitative estimate of drug-likeness (QED) is 0.811. The second-order valence-electron chi connectivity index (χ2n) is 3.42. The van der Waals surface area contributed by atoms with Crippen LogP contribution >= 0.6 is 15.9 Å². The summed E-state index contributed by atoms with van der Waals surface area (Å²) in [6, 6.07) is 3.95. The molecule has 5 heteroatoms. The van der Waals surface area contributed by atoms with Gasteiger partial charge in [0.05, 0.1) is 24.1 Å². The summed E-state index contributed by atoms with van der Waals surface area (Å²) < 4.78 is 7.84. The fraction of sp³-hybridized carbons (Fsp3) is 0.273. The first-order chi connectivity index (χ1) is 7.66. The molecule has 0 aliphatic heterocycles. The van der Waals surface area contributed by atoms with E-state index in [1.165, 1.54) is 6.92 Å². The van der Waals surface area contributed by atoms with E-state index in [4.69, 9.17) is 4.74 Å². The lowest BCUT2D eigenvalue weighted by Gasteiger charge is -2.00. The van der Waals surface area contributed by atoms with Crippen molar-refractivity contribution in [2.45, 2.75) is 13.3 Å². The number of esters is 1. The molecule has 0 unspecified atom stereocenters. The summed E-state index contributed by atoms with van der Waals surface area (Å²) >= 11 is 3.42. The van der Waals surface area contributed by atoms with Crippen LogP contribution in [0, 0.1) is 0 Å². The first kappa shape index (κ1) is 11.1. The molecule has 0 fully saturated rings. The average Bonchev–Trinajstić information content (AvgIpc) is 2.60. The zero-order valence-electron chi connectivity index (χ0n) is 8.81. The van der Waals surface area contributed by atoms with Crippen molar-refractivity contribution in [3.63, 3.8) is 0 Å². The van der Waals surface area contributed by atoms with E-state index in [1.54, 1.807) is 6.33 Å². The Hall–Kier alpha value is -1.36. The SMILES string of the molecule is CC(=O)OCCc1ncn2ccc(Br)cc12. The van der Waals surface area contributed by atoms with Crippen molar-refractivity contribution >= 4 is 27.4 Å². The zero-order chi connectivity index (χ0) is 11.5. The number of imidazole rings is 1. The third-order valence-electron chi connectivity index (χ3n) is 2.22. The number of ether oxygens (including phenoxy) is 1. The number of aromatic nitrogens is 2. The molecule has 0 saturated heterocycles. The molecule has 0 atom stereocenters. The molecule has 4 nitrogen and oxygen atoms in total. The first-order valence-corrected chi connectivity index (χ1v) is 5.70. The standard InChI is InChI=1S/C11H11BrN2O2/c1-8(15)16-5-3-10-11-6-9(12)2-4-14(11)7-13-10/h2,4,6-7H,3,5H2,1H3. The Bertz CT molecular complexity index is 522. The van der Waals surface area contributed by atoms with Crippen molar-refractivity contribution in [2.24, 2.45) is 0 Å². The number of rotatable bonds is 3.